The van der Waals surface area contributed by atoms with Gasteiger partial charge in [-0.25, -0.2) is 9.97 Å². The normalized spacial score (nSPS) is 14.8. The maximum atomic E-state index is 13.0. The maximum Gasteiger partial charge on any atom is 0.255 e. The molecule has 152 valence electrons. The fraction of sp³-hybridized carbons (Fsp3) is 0.292. The van der Waals surface area contributed by atoms with E-state index in [-0.39, 0.29) is 11.9 Å². The van der Waals surface area contributed by atoms with Crippen LogP contribution in [0.3, 0.4) is 0 Å². The van der Waals surface area contributed by atoms with E-state index in [9.17, 15) is 4.79 Å². The molecule has 3 aromatic heterocycles. The molecule has 5 nitrogen and oxygen atoms in total. The standard InChI is InChI=1S/C24H24N4OS/c29-24(27-20-4-2-1-3-5-20)21-13-18(14-28-11-10-25-23(21)28)12-17-6-8-19(9-7-17)22-15-30-16-26-22/h6-11,13-16,20H,1-5,12H2,(H,27,29). The van der Waals surface area contributed by atoms with Gasteiger partial charge < -0.3 is 9.72 Å². The van der Waals surface area contributed by atoms with Crippen molar-refractivity contribution in [2.24, 2.45) is 0 Å². The predicted molar refractivity (Wildman–Crippen MR) is 120 cm³/mol. The van der Waals surface area contributed by atoms with Crippen LogP contribution in [0.15, 0.2) is 59.8 Å². The lowest BCUT2D eigenvalue weighted by Crippen LogP contribution is -2.36. The summed E-state index contributed by atoms with van der Waals surface area (Å²) in [4.78, 5) is 21.8. The van der Waals surface area contributed by atoms with Gasteiger partial charge >= 0.3 is 0 Å². The third-order valence-electron chi connectivity index (χ3n) is 5.82. The summed E-state index contributed by atoms with van der Waals surface area (Å²) in [5, 5.41) is 5.29. The quantitative estimate of drug-likeness (QED) is 0.492. The first-order valence-corrected chi connectivity index (χ1v) is 11.4. The van der Waals surface area contributed by atoms with Gasteiger partial charge in [-0.15, -0.1) is 11.3 Å². The van der Waals surface area contributed by atoms with Crippen LogP contribution in [-0.2, 0) is 6.42 Å². The molecule has 3 heterocycles. The summed E-state index contributed by atoms with van der Waals surface area (Å²) < 4.78 is 1.95. The number of fused-ring (bicyclic) bond motifs is 1. The van der Waals surface area contributed by atoms with Crippen molar-refractivity contribution >= 4 is 22.9 Å². The number of hydrogen-bond donors (Lipinski definition) is 1. The van der Waals surface area contributed by atoms with E-state index in [1.165, 1.54) is 24.8 Å². The first-order valence-electron chi connectivity index (χ1n) is 10.5. The number of pyridine rings is 1. The second-order valence-corrected chi connectivity index (χ2v) is 8.69. The number of carbonyl (C=O) groups is 1. The second-order valence-electron chi connectivity index (χ2n) is 7.98. The summed E-state index contributed by atoms with van der Waals surface area (Å²) in [7, 11) is 0. The summed E-state index contributed by atoms with van der Waals surface area (Å²) in [6.07, 6.45) is 12.3. The van der Waals surface area contributed by atoms with Crippen molar-refractivity contribution in [1.29, 1.82) is 0 Å². The van der Waals surface area contributed by atoms with E-state index >= 15 is 0 Å². The van der Waals surface area contributed by atoms with Crippen molar-refractivity contribution in [2.75, 3.05) is 0 Å². The van der Waals surface area contributed by atoms with Crippen molar-refractivity contribution in [2.45, 2.75) is 44.6 Å². The smallest absolute Gasteiger partial charge is 0.255 e. The molecule has 0 bridgehead atoms. The highest BCUT2D eigenvalue weighted by Crippen LogP contribution is 2.22. The highest BCUT2D eigenvalue weighted by Gasteiger charge is 2.19. The van der Waals surface area contributed by atoms with Crippen LogP contribution in [-0.4, -0.2) is 26.3 Å². The van der Waals surface area contributed by atoms with Gasteiger partial charge in [0, 0.05) is 35.6 Å². The molecule has 0 unspecified atom stereocenters. The zero-order valence-electron chi connectivity index (χ0n) is 16.8. The Morgan fingerprint density at radius 3 is 2.70 bits per heavy atom. The minimum atomic E-state index is -0.0150. The van der Waals surface area contributed by atoms with E-state index in [0.29, 0.717) is 11.2 Å². The molecule has 1 aromatic carbocycles. The van der Waals surface area contributed by atoms with Gasteiger partial charge in [-0.3, -0.25) is 4.79 Å². The maximum absolute atomic E-state index is 13.0. The summed E-state index contributed by atoms with van der Waals surface area (Å²) in [5.41, 5.74) is 7.64. The van der Waals surface area contributed by atoms with Gasteiger partial charge in [-0.05, 0) is 36.5 Å². The van der Waals surface area contributed by atoms with E-state index < -0.39 is 0 Å². The van der Waals surface area contributed by atoms with Gasteiger partial charge in [0.15, 0.2) is 0 Å². The van der Waals surface area contributed by atoms with Gasteiger partial charge in [0.25, 0.3) is 5.91 Å². The van der Waals surface area contributed by atoms with Crippen LogP contribution in [0.2, 0.25) is 0 Å². The Labute approximate surface area is 179 Å². The van der Waals surface area contributed by atoms with E-state index in [2.05, 4.69) is 51.1 Å². The number of hydrogen-bond acceptors (Lipinski definition) is 4. The molecule has 1 saturated carbocycles. The molecule has 1 N–H and O–H groups in total. The third kappa shape index (κ3) is 4.00. The van der Waals surface area contributed by atoms with Crippen molar-refractivity contribution in [1.82, 2.24) is 19.7 Å². The molecule has 5 rings (SSSR count). The Bertz CT molecular complexity index is 1140. The molecule has 4 aromatic rings. The number of amides is 1. The van der Waals surface area contributed by atoms with Crippen LogP contribution >= 0.6 is 11.3 Å². The number of nitrogens with zero attached hydrogens (tertiary/aromatic N) is 3. The fourth-order valence-electron chi connectivity index (χ4n) is 4.25. The molecule has 1 aliphatic rings. The van der Waals surface area contributed by atoms with Gasteiger partial charge in [-0.2, -0.15) is 0 Å². The highest BCUT2D eigenvalue weighted by molar-refractivity contribution is 7.07. The zero-order chi connectivity index (χ0) is 20.3. The average molecular weight is 417 g/mol. The van der Waals surface area contributed by atoms with Crippen LogP contribution in [0.25, 0.3) is 16.9 Å². The van der Waals surface area contributed by atoms with Crippen LogP contribution in [0.5, 0.6) is 0 Å². The topological polar surface area (TPSA) is 59.3 Å². The molecule has 0 radical (unpaired) electrons. The lowest BCUT2D eigenvalue weighted by Gasteiger charge is -2.23. The first kappa shape index (κ1) is 19.0. The molecule has 30 heavy (non-hydrogen) atoms. The van der Waals surface area contributed by atoms with Gasteiger partial charge in [-0.1, -0.05) is 43.5 Å². The summed E-state index contributed by atoms with van der Waals surface area (Å²) in [6.45, 7) is 0. The number of carbonyl (C=O) groups excluding carboxylic acids is 1. The Hall–Kier alpha value is -2.99. The molecular formula is C24H24N4OS. The largest absolute Gasteiger partial charge is 0.349 e. The van der Waals surface area contributed by atoms with Crippen molar-refractivity contribution in [3.63, 3.8) is 0 Å². The molecular weight excluding hydrogens is 392 g/mol. The number of benzene rings is 1. The first-order chi connectivity index (χ1) is 14.8. The lowest BCUT2D eigenvalue weighted by molar-refractivity contribution is 0.0928. The highest BCUT2D eigenvalue weighted by atomic mass is 32.1. The molecule has 6 heteroatoms. The summed E-state index contributed by atoms with van der Waals surface area (Å²) >= 11 is 1.60. The Morgan fingerprint density at radius 1 is 1.10 bits per heavy atom. The Kier molecular flexibility index (Phi) is 5.32. The summed E-state index contributed by atoms with van der Waals surface area (Å²) in [5.74, 6) is -0.0150. The predicted octanol–water partition coefficient (Wildman–Crippen LogP) is 5.11. The van der Waals surface area contributed by atoms with Crippen LogP contribution in [0.1, 0.15) is 53.6 Å². The fourth-order valence-corrected chi connectivity index (χ4v) is 4.81. The van der Waals surface area contributed by atoms with Crippen molar-refractivity contribution in [3.8, 4) is 11.3 Å². The monoisotopic (exact) mass is 416 g/mol. The number of rotatable bonds is 5. The summed E-state index contributed by atoms with van der Waals surface area (Å²) in [6, 6.07) is 10.8. The van der Waals surface area contributed by atoms with E-state index in [1.54, 1.807) is 17.5 Å². The van der Waals surface area contributed by atoms with Crippen LogP contribution in [0.4, 0.5) is 0 Å². The van der Waals surface area contributed by atoms with Gasteiger partial charge in [0.2, 0.25) is 0 Å². The zero-order valence-corrected chi connectivity index (χ0v) is 17.6. The van der Waals surface area contributed by atoms with Crippen LogP contribution in [0, 0.1) is 0 Å². The SMILES string of the molecule is O=C(NC1CCCCC1)c1cc(Cc2ccc(-c3cscn3)cc2)cn2ccnc12. The van der Waals surface area contributed by atoms with E-state index in [4.69, 9.17) is 0 Å². The lowest BCUT2D eigenvalue weighted by atomic mass is 9.95. The van der Waals surface area contributed by atoms with Crippen LogP contribution < -0.4 is 5.32 Å². The Balaban J connectivity index is 1.39. The molecule has 0 spiro atoms. The van der Waals surface area contributed by atoms with Crippen molar-refractivity contribution < 1.29 is 4.79 Å². The molecule has 0 aliphatic heterocycles. The van der Waals surface area contributed by atoms with E-state index in [1.807, 2.05) is 22.2 Å². The number of imidazole rings is 1. The Morgan fingerprint density at radius 2 is 1.93 bits per heavy atom. The number of nitrogens with one attached hydrogen (secondary N) is 1. The molecule has 1 fully saturated rings. The van der Waals surface area contributed by atoms with E-state index in [0.717, 1.165) is 36.1 Å². The molecule has 1 amide bonds. The molecule has 1 aliphatic carbocycles. The minimum Gasteiger partial charge on any atom is -0.349 e. The van der Waals surface area contributed by atoms with Gasteiger partial charge in [0.05, 0.1) is 16.8 Å². The van der Waals surface area contributed by atoms with Gasteiger partial charge in [0.1, 0.15) is 5.65 Å². The number of thiazole rings is 1. The number of aromatic nitrogens is 3. The molecule has 0 saturated heterocycles. The van der Waals surface area contributed by atoms with Crippen molar-refractivity contribution in [3.05, 3.63) is 76.5 Å². The third-order valence-corrected chi connectivity index (χ3v) is 6.41. The average Bonchev–Trinajstić information content (AvgIpc) is 3.47. The second kappa shape index (κ2) is 8.40. The minimum absolute atomic E-state index is 0.0150. The molecule has 0 atom stereocenters.